The first-order valence-corrected chi connectivity index (χ1v) is 15.6. The molecule has 40 heavy (non-hydrogen) atoms. The first-order valence-electron chi connectivity index (χ1n) is 12.6. The Morgan fingerprint density at radius 2 is 1.50 bits per heavy atom. The van der Waals surface area contributed by atoms with Crippen LogP contribution in [-0.4, -0.2) is 43.3 Å². The average Bonchev–Trinajstić information content (AvgIpc) is 2.88. The summed E-state index contributed by atoms with van der Waals surface area (Å²) < 4.78 is 29.4. The van der Waals surface area contributed by atoms with Gasteiger partial charge in [0.2, 0.25) is 11.8 Å². The number of amides is 2. The summed E-state index contributed by atoms with van der Waals surface area (Å²) in [5.41, 5.74) is 0.201. The van der Waals surface area contributed by atoms with Crippen LogP contribution in [0.4, 0.5) is 5.69 Å². The number of rotatable bonds is 10. The second-order valence-corrected chi connectivity index (χ2v) is 13.8. The summed E-state index contributed by atoms with van der Waals surface area (Å²) in [4.78, 5) is 28.9. The molecule has 1 unspecified atom stereocenters. The van der Waals surface area contributed by atoms with Crippen molar-refractivity contribution in [2.75, 3.05) is 10.8 Å². The zero-order chi connectivity index (χ0) is 29.7. The molecule has 1 atom stereocenters. The third-order valence-electron chi connectivity index (χ3n) is 6.00. The van der Waals surface area contributed by atoms with Crippen molar-refractivity contribution in [2.45, 2.75) is 57.1 Å². The maximum atomic E-state index is 14.1. The van der Waals surface area contributed by atoms with Crippen LogP contribution < -0.4 is 9.62 Å². The Balaban J connectivity index is 2.10. The van der Waals surface area contributed by atoms with Crippen molar-refractivity contribution < 1.29 is 18.0 Å². The normalized spacial score (nSPS) is 12.5. The molecule has 0 heterocycles. The lowest BCUT2D eigenvalue weighted by Gasteiger charge is -2.35. The van der Waals surface area contributed by atoms with E-state index in [1.807, 2.05) is 20.8 Å². The van der Waals surface area contributed by atoms with Crippen LogP contribution in [0.3, 0.4) is 0 Å². The van der Waals surface area contributed by atoms with Crippen molar-refractivity contribution in [1.82, 2.24) is 10.2 Å². The monoisotopic (exact) mass is 667 g/mol. The summed E-state index contributed by atoms with van der Waals surface area (Å²) in [6, 6.07) is 18.6. The van der Waals surface area contributed by atoms with E-state index in [0.717, 1.165) is 8.78 Å². The molecular weight excluding hydrogens is 637 g/mol. The second-order valence-electron chi connectivity index (χ2n) is 10.2. The van der Waals surface area contributed by atoms with Gasteiger partial charge in [0.15, 0.2) is 0 Å². The molecule has 0 bridgehead atoms. The van der Waals surface area contributed by atoms with Crippen LogP contribution in [0.25, 0.3) is 0 Å². The Morgan fingerprint density at radius 1 is 0.925 bits per heavy atom. The van der Waals surface area contributed by atoms with Gasteiger partial charge < -0.3 is 10.2 Å². The van der Waals surface area contributed by atoms with Gasteiger partial charge in [-0.2, -0.15) is 0 Å². The van der Waals surface area contributed by atoms with Gasteiger partial charge in [0.05, 0.1) is 10.6 Å². The van der Waals surface area contributed by atoms with Gasteiger partial charge in [0.25, 0.3) is 10.0 Å². The summed E-state index contributed by atoms with van der Waals surface area (Å²) >= 11 is 16.3. The van der Waals surface area contributed by atoms with Crippen molar-refractivity contribution >= 4 is 66.7 Å². The molecule has 0 fully saturated rings. The molecule has 0 radical (unpaired) electrons. The second kappa shape index (κ2) is 13.4. The minimum atomic E-state index is -4.15. The summed E-state index contributed by atoms with van der Waals surface area (Å²) in [7, 11) is -4.15. The molecule has 3 aromatic carbocycles. The number of halogens is 3. The van der Waals surface area contributed by atoms with E-state index in [1.54, 1.807) is 67.6 Å². The summed E-state index contributed by atoms with van der Waals surface area (Å²) in [6.07, 6.45) is 0.277. The van der Waals surface area contributed by atoms with Crippen molar-refractivity contribution in [1.29, 1.82) is 0 Å². The molecule has 0 saturated heterocycles. The zero-order valence-electron chi connectivity index (χ0n) is 22.7. The topological polar surface area (TPSA) is 86.8 Å². The van der Waals surface area contributed by atoms with Crippen LogP contribution in [0.2, 0.25) is 10.0 Å². The fourth-order valence-corrected chi connectivity index (χ4v) is 6.30. The third-order valence-corrected chi connectivity index (χ3v) is 9.02. The Kier molecular flexibility index (Phi) is 10.7. The third kappa shape index (κ3) is 8.00. The fourth-order valence-electron chi connectivity index (χ4n) is 4.08. The molecule has 214 valence electrons. The lowest BCUT2D eigenvalue weighted by Crippen LogP contribution is -2.55. The standard InChI is InChI=1S/C29H32BrCl2N3O4S/c1-5-26(28(37)33-29(2,3)4)34(18-23-24(31)12-9-13-25(23)32)27(36)19-35(21-16-14-20(30)15-17-21)40(38,39)22-10-7-6-8-11-22/h6-17,26H,5,18-19H2,1-4H3,(H,33,37). The molecule has 0 aliphatic rings. The smallest absolute Gasteiger partial charge is 0.264 e. The van der Waals surface area contributed by atoms with Crippen LogP contribution in [0.1, 0.15) is 39.7 Å². The number of nitrogens with one attached hydrogen (secondary N) is 1. The molecule has 0 aromatic heterocycles. The molecule has 3 aromatic rings. The van der Waals surface area contributed by atoms with Crippen molar-refractivity contribution in [3.63, 3.8) is 0 Å². The highest BCUT2D eigenvalue weighted by Gasteiger charge is 2.35. The highest BCUT2D eigenvalue weighted by atomic mass is 79.9. The minimum Gasteiger partial charge on any atom is -0.350 e. The van der Waals surface area contributed by atoms with Crippen LogP contribution >= 0.6 is 39.1 Å². The van der Waals surface area contributed by atoms with Crippen LogP contribution in [0.5, 0.6) is 0 Å². The quantitative estimate of drug-likeness (QED) is 0.261. The van der Waals surface area contributed by atoms with Gasteiger partial charge in [0, 0.05) is 32.2 Å². The fraction of sp³-hybridized carbons (Fsp3) is 0.310. The maximum Gasteiger partial charge on any atom is 0.264 e. The number of nitrogens with zero attached hydrogens (tertiary/aromatic N) is 2. The molecule has 11 heteroatoms. The van der Waals surface area contributed by atoms with Crippen LogP contribution in [0.15, 0.2) is 82.2 Å². The Hall–Kier alpha value is -2.59. The number of carbonyl (C=O) groups excluding carboxylic acids is 2. The molecule has 0 aliphatic carbocycles. The van der Waals surface area contributed by atoms with E-state index < -0.39 is 34.1 Å². The van der Waals surface area contributed by atoms with E-state index in [9.17, 15) is 18.0 Å². The van der Waals surface area contributed by atoms with Crippen LogP contribution in [0, 0.1) is 0 Å². The first kappa shape index (κ1) is 31.9. The maximum absolute atomic E-state index is 14.1. The number of sulfonamides is 1. The molecule has 7 nitrogen and oxygen atoms in total. The zero-order valence-corrected chi connectivity index (χ0v) is 26.6. The molecule has 0 aliphatic heterocycles. The largest absolute Gasteiger partial charge is 0.350 e. The summed E-state index contributed by atoms with van der Waals surface area (Å²) in [5.74, 6) is -0.957. The van der Waals surface area contributed by atoms with Gasteiger partial charge >= 0.3 is 0 Å². The van der Waals surface area contributed by atoms with Gasteiger partial charge in [-0.15, -0.1) is 0 Å². The summed E-state index contributed by atoms with van der Waals surface area (Å²) in [6.45, 7) is 6.67. The van der Waals surface area contributed by atoms with E-state index >= 15 is 0 Å². The molecular formula is C29H32BrCl2N3O4S. The van der Waals surface area contributed by atoms with E-state index in [-0.39, 0.29) is 23.8 Å². The highest BCUT2D eigenvalue weighted by Crippen LogP contribution is 2.29. The average molecular weight is 669 g/mol. The van der Waals surface area contributed by atoms with Crippen LogP contribution in [-0.2, 0) is 26.2 Å². The van der Waals surface area contributed by atoms with Gasteiger partial charge in [0.1, 0.15) is 12.6 Å². The first-order chi connectivity index (χ1) is 18.7. The van der Waals surface area contributed by atoms with Crippen molar-refractivity contribution in [3.05, 3.63) is 92.9 Å². The van der Waals surface area contributed by atoms with Gasteiger partial charge in [-0.05, 0) is 75.7 Å². The highest BCUT2D eigenvalue weighted by molar-refractivity contribution is 9.10. The number of hydrogen-bond acceptors (Lipinski definition) is 4. The number of hydrogen-bond donors (Lipinski definition) is 1. The van der Waals surface area contributed by atoms with Gasteiger partial charge in [-0.25, -0.2) is 8.42 Å². The van der Waals surface area contributed by atoms with E-state index in [2.05, 4.69) is 21.2 Å². The number of anilines is 1. The van der Waals surface area contributed by atoms with E-state index in [4.69, 9.17) is 23.2 Å². The molecule has 1 N–H and O–H groups in total. The van der Waals surface area contributed by atoms with Crippen molar-refractivity contribution in [2.24, 2.45) is 0 Å². The minimum absolute atomic E-state index is 0.0314. The molecule has 0 saturated carbocycles. The molecule has 3 rings (SSSR count). The predicted molar refractivity (Wildman–Crippen MR) is 164 cm³/mol. The predicted octanol–water partition coefficient (Wildman–Crippen LogP) is 6.67. The Morgan fingerprint density at radius 3 is 2.02 bits per heavy atom. The van der Waals surface area contributed by atoms with E-state index in [0.29, 0.717) is 21.3 Å². The Bertz CT molecular complexity index is 1430. The molecule has 0 spiro atoms. The van der Waals surface area contributed by atoms with Gasteiger partial charge in [-0.3, -0.25) is 13.9 Å². The SMILES string of the molecule is CCC(C(=O)NC(C)(C)C)N(Cc1c(Cl)cccc1Cl)C(=O)CN(c1ccc(Br)cc1)S(=O)(=O)c1ccccc1. The van der Waals surface area contributed by atoms with E-state index in [1.165, 1.54) is 17.0 Å². The Labute approximate surface area is 254 Å². The lowest BCUT2D eigenvalue weighted by molar-refractivity contribution is -0.141. The lowest BCUT2D eigenvalue weighted by atomic mass is 10.1. The van der Waals surface area contributed by atoms with Crippen molar-refractivity contribution in [3.8, 4) is 0 Å². The molecule has 2 amide bonds. The number of benzene rings is 3. The number of carbonyl (C=O) groups is 2. The summed E-state index contributed by atoms with van der Waals surface area (Å²) in [5, 5.41) is 3.60. The van der Waals surface area contributed by atoms with Gasteiger partial charge in [-0.1, -0.05) is 70.3 Å².